The first-order valence-corrected chi connectivity index (χ1v) is 33.2. The molecule has 0 aromatic heterocycles. The molecule has 0 aliphatic carbocycles. The maximum Gasteiger partial charge on any atom is 0.252 e. The van der Waals surface area contributed by atoms with Crippen molar-refractivity contribution in [3.05, 3.63) is 345 Å². The van der Waals surface area contributed by atoms with Gasteiger partial charge in [-0.05, 0) is 175 Å². The van der Waals surface area contributed by atoms with Crippen LogP contribution < -0.4 is 26.2 Å². The van der Waals surface area contributed by atoms with Crippen LogP contribution in [-0.4, -0.2) is 6.71 Å². The highest BCUT2D eigenvalue weighted by Gasteiger charge is 2.46. The van der Waals surface area contributed by atoms with E-state index in [1.54, 1.807) is 0 Å². The molecule has 18 rings (SSSR count). The first kappa shape index (κ1) is 56.0. The number of rotatable bonds is 10. The number of anilines is 6. The molecule has 0 amide bonds. The third-order valence-corrected chi connectivity index (χ3v) is 20.1. The van der Waals surface area contributed by atoms with Crippen molar-refractivity contribution >= 4 is 89.5 Å². The van der Waals surface area contributed by atoms with Crippen LogP contribution >= 0.6 is 0 Å². The van der Waals surface area contributed by atoms with E-state index in [9.17, 15) is 0 Å². The Labute approximate surface area is 556 Å². The Bertz CT molecular complexity index is 5470. The molecule has 0 saturated carbocycles. The van der Waals surface area contributed by atoms with E-state index < -0.39 is 0 Å². The summed E-state index contributed by atoms with van der Waals surface area (Å²) >= 11 is 0. The van der Waals surface area contributed by atoms with Gasteiger partial charge in [-0.2, -0.15) is 0 Å². The summed E-state index contributed by atoms with van der Waals surface area (Å²) in [4.78, 5) is 5.41. The minimum absolute atomic E-state index is 0.210. The van der Waals surface area contributed by atoms with Crippen LogP contribution in [0.2, 0.25) is 0 Å². The van der Waals surface area contributed by atoms with E-state index >= 15 is 0 Å². The highest BCUT2D eigenvalue weighted by atomic mass is 15.2. The van der Waals surface area contributed by atoms with E-state index in [0.717, 1.165) is 89.8 Å². The quantitative estimate of drug-likeness (QED) is 0.0995. The monoisotopic (exact) mass is 1210 g/mol. The van der Waals surface area contributed by atoms with Crippen molar-refractivity contribution in [2.75, 3.05) is 9.80 Å². The molecular formula is C92H65BN2. The molecule has 2 nitrogen and oxygen atoms in total. The lowest BCUT2D eigenvalue weighted by Crippen LogP contribution is -2.61. The highest BCUT2D eigenvalue weighted by molar-refractivity contribution is 7.00. The van der Waals surface area contributed by atoms with E-state index in [4.69, 9.17) is 0 Å². The predicted octanol–water partition coefficient (Wildman–Crippen LogP) is 23.3. The maximum atomic E-state index is 2.72. The largest absolute Gasteiger partial charge is 0.310 e. The van der Waals surface area contributed by atoms with Crippen molar-refractivity contribution in [2.45, 2.75) is 26.2 Å². The van der Waals surface area contributed by atoms with Gasteiger partial charge in [-0.25, -0.2) is 0 Å². The zero-order chi connectivity index (χ0) is 63.3. The van der Waals surface area contributed by atoms with Gasteiger partial charge in [0.05, 0.1) is 11.4 Å². The Kier molecular flexibility index (Phi) is 13.3. The Balaban J connectivity index is 1.02. The topological polar surface area (TPSA) is 6.48 Å². The minimum atomic E-state index is -0.303. The van der Waals surface area contributed by atoms with Crippen molar-refractivity contribution in [1.82, 2.24) is 0 Å². The third kappa shape index (κ3) is 9.40. The zero-order valence-electron chi connectivity index (χ0n) is 53.3. The fourth-order valence-electron chi connectivity index (χ4n) is 15.6. The number of hydrogen-bond donors (Lipinski definition) is 0. The van der Waals surface area contributed by atoms with Crippen LogP contribution in [0.1, 0.15) is 26.3 Å². The lowest BCUT2D eigenvalue weighted by atomic mass is 9.33. The molecule has 446 valence electrons. The summed E-state index contributed by atoms with van der Waals surface area (Å²) in [6.45, 7) is 6.95. The van der Waals surface area contributed by atoms with Crippen LogP contribution in [0.3, 0.4) is 0 Å². The molecule has 0 unspecified atom stereocenters. The summed E-state index contributed by atoms with van der Waals surface area (Å²) in [6.07, 6.45) is 0. The molecule has 3 heteroatoms. The van der Waals surface area contributed by atoms with Crippen molar-refractivity contribution in [1.29, 1.82) is 0 Å². The van der Waals surface area contributed by atoms with Gasteiger partial charge in [0, 0.05) is 45.0 Å². The average molecular weight is 1210 g/mol. The Morgan fingerprint density at radius 1 is 0.242 bits per heavy atom. The Hall–Kier alpha value is -11.8. The number of fused-ring (bicyclic) bond motifs is 4. The van der Waals surface area contributed by atoms with Gasteiger partial charge in [-0.3, -0.25) is 0 Å². The van der Waals surface area contributed by atoms with E-state index in [1.165, 1.54) is 87.6 Å². The zero-order valence-corrected chi connectivity index (χ0v) is 53.3. The van der Waals surface area contributed by atoms with E-state index in [-0.39, 0.29) is 12.1 Å². The summed E-state index contributed by atoms with van der Waals surface area (Å²) in [6, 6.07) is 128. The molecule has 0 radical (unpaired) electrons. The number of benzene rings is 16. The molecule has 0 bridgehead atoms. The molecule has 16 aromatic rings. The van der Waals surface area contributed by atoms with Gasteiger partial charge >= 0.3 is 0 Å². The highest BCUT2D eigenvalue weighted by Crippen LogP contribution is 2.56. The Morgan fingerprint density at radius 2 is 0.632 bits per heavy atom. The van der Waals surface area contributed by atoms with Crippen LogP contribution in [0, 0.1) is 0 Å². The molecule has 0 N–H and O–H groups in total. The second-order valence-corrected chi connectivity index (χ2v) is 26.7. The summed E-state index contributed by atoms with van der Waals surface area (Å²) < 4.78 is 0. The molecular weight excluding hydrogens is 1140 g/mol. The molecule has 0 atom stereocenters. The van der Waals surface area contributed by atoms with E-state index in [2.05, 4.69) is 370 Å². The third-order valence-electron chi connectivity index (χ3n) is 20.1. The Morgan fingerprint density at radius 3 is 1.08 bits per heavy atom. The van der Waals surface area contributed by atoms with Crippen molar-refractivity contribution < 1.29 is 0 Å². The van der Waals surface area contributed by atoms with Gasteiger partial charge in [0.15, 0.2) is 0 Å². The lowest BCUT2D eigenvalue weighted by Gasteiger charge is -2.46. The molecule has 0 fully saturated rings. The maximum absolute atomic E-state index is 2.72. The average Bonchev–Trinajstić information content (AvgIpc) is 0.689. The smallest absolute Gasteiger partial charge is 0.252 e. The molecule has 2 aliphatic rings. The first-order valence-electron chi connectivity index (χ1n) is 33.2. The second kappa shape index (κ2) is 22.5. The van der Waals surface area contributed by atoms with Crippen LogP contribution in [0.25, 0.3) is 121 Å². The van der Waals surface area contributed by atoms with Gasteiger partial charge in [0.25, 0.3) is 6.71 Å². The van der Waals surface area contributed by atoms with Crippen LogP contribution in [-0.2, 0) is 5.41 Å². The van der Waals surface area contributed by atoms with Crippen LogP contribution in [0.4, 0.5) is 34.1 Å². The normalized spacial score (nSPS) is 12.5. The fourth-order valence-corrected chi connectivity index (χ4v) is 15.6. The van der Waals surface area contributed by atoms with Crippen LogP contribution in [0.5, 0.6) is 0 Å². The van der Waals surface area contributed by atoms with Gasteiger partial charge in [-0.15, -0.1) is 0 Å². The lowest BCUT2D eigenvalue weighted by molar-refractivity contribution is 0.590. The second-order valence-electron chi connectivity index (χ2n) is 26.7. The minimum Gasteiger partial charge on any atom is -0.310 e. The molecule has 16 aromatic carbocycles. The molecule has 0 spiro atoms. The molecule has 2 heterocycles. The van der Waals surface area contributed by atoms with Gasteiger partial charge in [-0.1, -0.05) is 312 Å². The van der Waals surface area contributed by atoms with Gasteiger partial charge in [0.2, 0.25) is 0 Å². The molecule has 2 aliphatic heterocycles. The molecule has 0 saturated heterocycles. The van der Waals surface area contributed by atoms with E-state index in [0.29, 0.717) is 0 Å². The van der Waals surface area contributed by atoms with Gasteiger partial charge in [0.1, 0.15) is 0 Å². The SMILES string of the molecule is CC(C)(C)c1cc2c3c(c1)N(c1c(-c4ccccc4)cc(-c4ccccc4)cc1-c1ccccc1)c1cc(-c4ccc5ccc6cccc7ccc4c5c67)ccc1B3c1cc(-c3ccccc3)ccc1N2c1c(-c2ccccc2)cc(-c2ccccc2)cc1-c1ccccc1. The van der Waals surface area contributed by atoms with Crippen LogP contribution in [0.15, 0.2) is 340 Å². The van der Waals surface area contributed by atoms with Crippen molar-refractivity contribution in [3.63, 3.8) is 0 Å². The standard InChI is InChI=1S/C92H65BN2/c1-92(2,3)74-58-85-89-86(59-74)95(91-79(65-36-21-9-22-37-65)54-73(62-30-15-6-16-31-62)55-80(91)66-38-23-10-24-39-66)84-57-71(75-48-44-69-43-42-67-40-25-41-68-45-49-76(75)88(69)87(67)68)46-50-81(84)93(89)82-56-70(60-26-11-4-12-27-60)47-51-83(82)94(85)90-77(63-32-17-7-18-33-63)52-72(61-28-13-5-14-29-61)53-78(90)64-34-19-8-20-35-64/h4-59H,1-3H3. The predicted molar refractivity (Wildman–Crippen MR) is 406 cm³/mol. The number of hydrogen-bond acceptors (Lipinski definition) is 2. The summed E-state index contributed by atoms with van der Waals surface area (Å²) in [5.74, 6) is 0. The van der Waals surface area contributed by atoms with E-state index in [1.807, 2.05) is 0 Å². The summed E-state index contributed by atoms with van der Waals surface area (Å²) in [5.41, 5.74) is 30.1. The van der Waals surface area contributed by atoms with Crippen molar-refractivity contribution in [2.24, 2.45) is 0 Å². The summed E-state index contributed by atoms with van der Waals surface area (Å²) in [5, 5.41) is 7.65. The number of nitrogens with zero attached hydrogens (tertiary/aromatic N) is 2. The molecule has 95 heavy (non-hydrogen) atoms. The fraction of sp³-hybridized carbons (Fsp3) is 0.0435. The van der Waals surface area contributed by atoms with Gasteiger partial charge < -0.3 is 9.80 Å². The first-order chi connectivity index (χ1) is 46.8. The summed E-state index contributed by atoms with van der Waals surface area (Å²) in [7, 11) is 0. The van der Waals surface area contributed by atoms with Crippen molar-refractivity contribution in [3.8, 4) is 89.0 Å².